The third-order valence-electron chi connectivity index (χ3n) is 3.25. The van der Waals surface area contributed by atoms with Crippen LogP contribution in [0.1, 0.15) is 26.5 Å². The topological polar surface area (TPSA) is 28.2 Å². The van der Waals surface area contributed by atoms with E-state index in [2.05, 4.69) is 42.0 Å². The molecule has 16 heavy (non-hydrogen) atoms. The van der Waals surface area contributed by atoms with Gasteiger partial charge >= 0.3 is 0 Å². The Balaban J connectivity index is 2.62. The van der Waals surface area contributed by atoms with Crippen molar-refractivity contribution in [2.45, 2.75) is 39.4 Å². The molecule has 1 aromatic heterocycles. The van der Waals surface area contributed by atoms with Gasteiger partial charge in [-0.25, -0.2) is 0 Å². The zero-order valence-electron chi connectivity index (χ0n) is 10.8. The molecule has 1 heterocycles. The van der Waals surface area contributed by atoms with Gasteiger partial charge in [-0.3, -0.25) is 9.88 Å². The van der Waals surface area contributed by atoms with Gasteiger partial charge in [-0.1, -0.05) is 13.0 Å². The van der Waals surface area contributed by atoms with E-state index in [0.29, 0.717) is 12.1 Å². The minimum Gasteiger partial charge on any atom is -0.316 e. The highest BCUT2D eigenvalue weighted by atomic mass is 15.2. The Morgan fingerprint density at radius 2 is 2.12 bits per heavy atom. The second kappa shape index (κ2) is 6.61. The van der Waals surface area contributed by atoms with Crippen LogP contribution in [0.2, 0.25) is 0 Å². The molecule has 0 aliphatic heterocycles. The second-order valence-corrected chi connectivity index (χ2v) is 4.20. The molecule has 3 nitrogen and oxygen atoms in total. The number of rotatable bonds is 6. The fraction of sp³-hybridized carbons (Fsp3) is 0.615. The van der Waals surface area contributed by atoms with E-state index in [9.17, 15) is 0 Å². The summed E-state index contributed by atoms with van der Waals surface area (Å²) in [6, 6.07) is 7.09. The molecule has 2 atom stereocenters. The number of aromatic nitrogens is 1. The minimum atomic E-state index is 0.490. The molecular formula is C13H23N3. The van der Waals surface area contributed by atoms with E-state index in [1.54, 1.807) is 0 Å². The summed E-state index contributed by atoms with van der Waals surface area (Å²) in [6.07, 6.45) is 1.86. The maximum atomic E-state index is 4.37. The fourth-order valence-electron chi connectivity index (χ4n) is 1.80. The number of hydrogen-bond acceptors (Lipinski definition) is 3. The first-order chi connectivity index (χ1) is 7.69. The van der Waals surface area contributed by atoms with Crippen molar-refractivity contribution in [2.75, 3.05) is 13.6 Å². The van der Waals surface area contributed by atoms with Gasteiger partial charge in [-0.15, -0.1) is 0 Å². The lowest BCUT2D eigenvalue weighted by Gasteiger charge is -2.31. The van der Waals surface area contributed by atoms with Crippen molar-refractivity contribution < 1.29 is 0 Å². The third-order valence-corrected chi connectivity index (χ3v) is 3.25. The third kappa shape index (κ3) is 3.58. The van der Waals surface area contributed by atoms with Gasteiger partial charge in [0, 0.05) is 24.8 Å². The number of nitrogens with zero attached hydrogens (tertiary/aromatic N) is 2. The van der Waals surface area contributed by atoms with Gasteiger partial charge in [0.05, 0.1) is 5.69 Å². The summed E-state index contributed by atoms with van der Waals surface area (Å²) in [4.78, 5) is 6.81. The fourth-order valence-corrected chi connectivity index (χ4v) is 1.80. The molecular weight excluding hydrogens is 198 g/mol. The Bertz CT molecular complexity index is 286. The van der Waals surface area contributed by atoms with Crippen LogP contribution in [-0.4, -0.2) is 35.6 Å². The summed E-state index contributed by atoms with van der Waals surface area (Å²) in [5.74, 6) is 0. The van der Waals surface area contributed by atoms with Crippen LogP contribution in [-0.2, 0) is 6.54 Å². The number of pyridine rings is 1. The van der Waals surface area contributed by atoms with Crippen LogP contribution in [0, 0.1) is 0 Å². The van der Waals surface area contributed by atoms with Crippen LogP contribution in [0.4, 0.5) is 0 Å². The quantitative estimate of drug-likeness (QED) is 0.795. The summed E-state index contributed by atoms with van der Waals surface area (Å²) < 4.78 is 0. The van der Waals surface area contributed by atoms with E-state index in [1.807, 2.05) is 25.4 Å². The average molecular weight is 221 g/mol. The molecule has 0 amide bonds. The van der Waals surface area contributed by atoms with E-state index >= 15 is 0 Å². The molecule has 0 saturated carbocycles. The average Bonchev–Trinajstić information content (AvgIpc) is 2.35. The zero-order chi connectivity index (χ0) is 12.0. The van der Waals surface area contributed by atoms with E-state index in [1.165, 1.54) is 0 Å². The van der Waals surface area contributed by atoms with E-state index < -0.39 is 0 Å². The van der Waals surface area contributed by atoms with Crippen molar-refractivity contribution in [1.29, 1.82) is 0 Å². The summed E-state index contributed by atoms with van der Waals surface area (Å²) in [6.45, 7) is 8.63. The number of hydrogen-bond donors (Lipinski definition) is 1. The molecule has 0 bridgehead atoms. The Hall–Kier alpha value is -0.930. The largest absolute Gasteiger partial charge is 0.316 e. The van der Waals surface area contributed by atoms with E-state index in [-0.39, 0.29) is 0 Å². The highest BCUT2D eigenvalue weighted by Crippen LogP contribution is 2.08. The monoisotopic (exact) mass is 221 g/mol. The maximum absolute atomic E-state index is 4.37. The molecule has 0 saturated heterocycles. The Morgan fingerprint density at radius 1 is 1.38 bits per heavy atom. The Kier molecular flexibility index (Phi) is 5.43. The molecule has 0 aromatic carbocycles. The van der Waals surface area contributed by atoms with Crippen LogP contribution in [0.5, 0.6) is 0 Å². The molecule has 2 unspecified atom stereocenters. The first-order valence-corrected chi connectivity index (χ1v) is 6.00. The summed E-state index contributed by atoms with van der Waals surface area (Å²) in [5.41, 5.74) is 1.14. The standard InChI is InChI=1S/C13H23N3/c1-5-16(12(3)11(2)14-4)10-13-8-6-7-9-15-13/h6-9,11-12,14H,5,10H2,1-4H3. The summed E-state index contributed by atoms with van der Waals surface area (Å²) in [7, 11) is 2.01. The van der Waals surface area contributed by atoms with Crippen LogP contribution >= 0.6 is 0 Å². The number of nitrogens with one attached hydrogen (secondary N) is 1. The normalized spacial score (nSPS) is 15.1. The predicted octanol–water partition coefficient (Wildman–Crippen LogP) is 1.90. The van der Waals surface area contributed by atoms with Gasteiger partial charge in [0.1, 0.15) is 0 Å². The summed E-state index contributed by atoms with van der Waals surface area (Å²) in [5, 5.41) is 3.30. The van der Waals surface area contributed by atoms with Crippen LogP contribution in [0.15, 0.2) is 24.4 Å². The van der Waals surface area contributed by atoms with Gasteiger partial charge in [-0.05, 0) is 39.6 Å². The van der Waals surface area contributed by atoms with Crippen molar-refractivity contribution in [3.63, 3.8) is 0 Å². The molecule has 1 N–H and O–H groups in total. The molecule has 0 fully saturated rings. The lowest BCUT2D eigenvalue weighted by molar-refractivity contribution is 0.177. The van der Waals surface area contributed by atoms with Gasteiger partial charge < -0.3 is 5.32 Å². The molecule has 0 radical (unpaired) electrons. The van der Waals surface area contributed by atoms with Crippen molar-refractivity contribution in [3.8, 4) is 0 Å². The maximum Gasteiger partial charge on any atom is 0.0544 e. The van der Waals surface area contributed by atoms with E-state index in [0.717, 1.165) is 18.8 Å². The molecule has 0 spiro atoms. The predicted molar refractivity (Wildman–Crippen MR) is 68.3 cm³/mol. The highest BCUT2D eigenvalue weighted by Gasteiger charge is 2.17. The molecule has 0 aliphatic rings. The minimum absolute atomic E-state index is 0.490. The van der Waals surface area contributed by atoms with Gasteiger partial charge in [-0.2, -0.15) is 0 Å². The van der Waals surface area contributed by atoms with Crippen molar-refractivity contribution in [1.82, 2.24) is 15.2 Å². The first-order valence-electron chi connectivity index (χ1n) is 6.00. The van der Waals surface area contributed by atoms with Crippen molar-refractivity contribution >= 4 is 0 Å². The van der Waals surface area contributed by atoms with Crippen LogP contribution in [0.25, 0.3) is 0 Å². The lowest BCUT2D eigenvalue weighted by atomic mass is 10.1. The SMILES string of the molecule is CCN(Cc1ccccn1)C(C)C(C)NC. The molecule has 90 valence electrons. The van der Waals surface area contributed by atoms with Crippen LogP contribution in [0.3, 0.4) is 0 Å². The highest BCUT2D eigenvalue weighted by molar-refractivity contribution is 5.03. The Morgan fingerprint density at radius 3 is 2.62 bits per heavy atom. The first kappa shape index (κ1) is 13.1. The molecule has 1 rings (SSSR count). The van der Waals surface area contributed by atoms with Crippen molar-refractivity contribution in [3.05, 3.63) is 30.1 Å². The second-order valence-electron chi connectivity index (χ2n) is 4.20. The molecule has 3 heteroatoms. The smallest absolute Gasteiger partial charge is 0.0544 e. The zero-order valence-corrected chi connectivity index (χ0v) is 10.8. The lowest BCUT2D eigenvalue weighted by Crippen LogP contribution is -2.45. The summed E-state index contributed by atoms with van der Waals surface area (Å²) >= 11 is 0. The molecule has 0 aliphatic carbocycles. The Labute approximate surface area is 98.9 Å². The van der Waals surface area contributed by atoms with Crippen molar-refractivity contribution in [2.24, 2.45) is 0 Å². The van der Waals surface area contributed by atoms with Gasteiger partial charge in [0.15, 0.2) is 0 Å². The molecule has 1 aromatic rings. The van der Waals surface area contributed by atoms with Gasteiger partial charge in [0.2, 0.25) is 0 Å². The van der Waals surface area contributed by atoms with Crippen LogP contribution < -0.4 is 5.32 Å². The number of likely N-dealkylation sites (N-methyl/N-ethyl adjacent to an activating group) is 2. The van der Waals surface area contributed by atoms with Gasteiger partial charge in [0.25, 0.3) is 0 Å². The van der Waals surface area contributed by atoms with E-state index in [4.69, 9.17) is 0 Å².